The first-order valence-corrected chi connectivity index (χ1v) is 6.52. The van der Waals surface area contributed by atoms with E-state index in [4.69, 9.17) is 16.6 Å². The summed E-state index contributed by atoms with van der Waals surface area (Å²) in [5.74, 6) is 0. The molecule has 3 rings (SSSR count). The van der Waals surface area contributed by atoms with Crippen molar-refractivity contribution in [3.8, 4) is 0 Å². The van der Waals surface area contributed by atoms with Crippen molar-refractivity contribution in [1.29, 1.82) is 0 Å². The first-order chi connectivity index (χ1) is 8.29. The molecule has 0 atom stereocenters. The van der Waals surface area contributed by atoms with Crippen molar-refractivity contribution in [2.24, 2.45) is 0 Å². The van der Waals surface area contributed by atoms with Crippen molar-refractivity contribution in [3.63, 3.8) is 0 Å². The lowest BCUT2D eigenvalue weighted by molar-refractivity contribution is 0.901. The van der Waals surface area contributed by atoms with Gasteiger partial charge < -0.3 is 5.32 Å². The summed E-state index contributed by atoms with van der Waals surface area (Å²) >= 11 is 6.09. The number of pyridine rings is 1. The van der Waals surface area contributed by atoms with E-state index < -0.39 is 0 Å². The van der Waals surface area contributed by atoms with Crippen LogP contribution in [0.5, 0.6) is 0 Å². The minimum Gasteiger partial charge on any atom is -0.384 e. The highest BCUT2D eigenvalue weighted by Crippen LogP contribution is 2.34. The fourth-order valence-electron chi connectivity index (χ4n) is 2.61. The van der Waals surface area contributed by atoms with Gasteiger partial charge in [-0.05, 0) is 49.9 Å². The first kappa shape index (κ1) is 10.8. The summed E-state index contributed by atoms with van der Waals surface area (Å²) in [7, 11) is 0. The van der Waals surface area contributed by atoms with Crippen LogP contribution in [0, 0.1) is 0 Å². The van der Waals surface area contributed by atoms with Crippen LogP contribution in [0.25, 0.3) is 10.9 Å². The van der Waals surface area contributed by atoms with Crippen LogP contribution in [-0.2, 0) is 12.8 Å². The molecular weight excluding hydrogens is 232 g/mol. The molecule has 1 aliphatic rings. The smallest absolute Gasteiger partial charge is 0.0727 e. The Morgan fingerprint density at radius 3 is 3.06 bits per heavy atom. The number of hydrogen-bond acceptors (Lipinski definition) is 2. The van der Waals surface area contributed by atoms with Gasteiger partial charge in [-0.25, -0.2) is 0 Å². The van der Waals surface area contributed by atoms with Gasteiger partial charge >= 0.3 is 0 Å². The van der Waals surface area contributed by atoms with Gasteiger partial charge in [-0.1, -0.05) is 11.6 Å². The highest BCUT2D eigenvalue weighted by molar-refractivity contribution is 6.31. The number of hydrogen-bond donors (Lipinski definition) is 1. The predicted molar refractivity (Wildman–Crippen MR) is 72.9 cm³/mol. The highest BCUT2D eigenvalue weighted by atomic mass is 35.5. The Morgan fingerprint density at radius 1 is 1.35 bits per heavy atom. The Kier molecular flexibility index (Phi) is 2.67. The molecule has 1 heterocycles. The molecule has 17 heavy (non-hydrogen) atoms. The van der Waals surface area contributed by atoms with E-state index in [-0.39, 0.29) is 0 Å². The lowest BCUT2D eigenvalue weighted by Gasteiger charge is -2.13. The summed E-state index contributed by atoms with van der Waals surface area (Å²) in [6.45, 7) is 3.05. The largest absolute Gasteiger partial charge is 0.384 e. The minimum atomic E-state index is 0.774. The maximum Gasteiger partial charge on any atom is 0.0727 e. The van der Waals surface area contributed by atoms with Gasteiger partial charge in [0.25, 0.3) is 0 Å². The fourth-order valence-corrected chi connectivity index (χ4v) is 2.79. The third-order valence-electron chi connectivity index (χ3n) is 3.33. The maximum atomic E-state index is 6.09. The molecule has 1 aliphatic carbocycles. The van der Waals surface area contributed by atoms with Crippen LogP contribution in [0.3, 0.4) is 0 Å². The molecule has 0 bridgehead atoms. The normalized spacial score (nSPS) is 14.0. The van der Waals surface area contributed by atoms with E-state index in [9.17, 15) is 0 Å². The molecule has 1 aromatic carbocycles. The molecule has 0 saturated heterocycles. The number of halogens is 1. The molecular formula is C14H15ClN2. The van der Waals surface area contributed by atoms with Crippen molar-refractivity contribution < 1.29 is 0 Å². The second-order valence-electron chi connectivity index (χ2n) is 4.46. The zero-order valence-corrected chi connectivity index (χ0v) is 10.6. The Hall–Kier alpha value is -1.28. The standard InChI is InChI=1S/C14H15ClN2/c1-2-16-14-10-4-3-5-12(10)17-13-7-6-9(15)8-11(13)14/h6-8H,2-5H2,1H3,(H,16,17). The number of rotatable bonds is 2. The van der Waals surface area contributed by atoms with Gasteiger partial charge in [-0.2, -0.15) is 0 Å². The maximum absolute atomic E-state index is 6.09. The molecule has 0 radical (unpaired) electrons. The molecule has 3 heteroatoms. The number of aryl methyl sites for hydroxylation is 1. The van der Waals surface area contributed by atoms with Crippen LogP contribution in [0.15, 0.2) is 18.2 Å². The van der Waals surface area contributed by atoms with E-state index in [1.165, 1.54) is 23.4 Å². The Labute approximate surface area is 106 Å². The minimum absolute atomic E-state index is 0.774. The van der Waals surface area contributed by atoms with E-state index in [1.807, 2.05) is 18.2 Å². The number of benzene rings is 1. The van der Waals surface area contributed by atoms with E-state index in [2.05, 4.69) is 12.2 Å². The van der Waals surface area contributed by atoms with Crippen LogP contribution >= 0.6 is 11.6 Å². The average Bonchev–Trinajstić information content (AvgIpc) is 2.77. The molecule has 0 unspecified atom stereocenters. The van der Waals surface area contributed by atoms with Crippen molar-refractivity contribution in [3.05, 3.63) is 34.5 Å². The van der Waals surface area contributed by atoms with E-state index >= 15 is 0 Å². The summed E-state index contributed by atoms with van der Waals surface area (Å²) in [5, 5.41) is 5.41. The van der Waals surface area contributed by atoms with Crippen LogP contribution in [0.1, 0.15) is 24.6 Å². The third kappa shape index (κ3) is 1.77. The number of aromatic nitrogens is 1. The lowest BCUT2D eigenvalue weighted by Crippen LogP contribution is -2.03. The number of nitrogens with one attached hydrogen (secondary N) is 1. The molecule has 1 aromatic heterocycles. The van der Waals surface area contributed by atoms with Gasteiger partial charge in [0, 0.05) is 28.3 Å². The molecule has 2 nitrogen and oxygen atoms in total. The molecule has 0 fully saturated rings. The average molecular weight is 247 g/mol. The van der Waals surface area contributed by atoms with Gasteiger partial charge in [0.15, 0.2) is 0 Å². The quantitative estimate of drug-likeness (QED) is 0.872. The summed E-state index contributed by atoms with van der Waals surface area (Å²) in [4.78, 5) is 4.74. The summed E-state index contributed by atoms with van der Waals surface area (Å²) in [6, 6.07) is 5.94. The van der Waals surface area contributed by atoms with Crippen molar-refractivity contribution in [1.82, 2.24) is 4.98 Å². The van der Waals surface area contributed by atoms with E-state index in [0.29, 0.717) is 0 Å². The fraction of sp³-hybridized carbons (Fsp3) is 0.357. The summed E-state index contributed by atoms with van der Waals surface area (Å²) < 4.78 is 0. The van der Waals surface area contributed by atoms with Crippen molar-refractivity contribution in [2.45, 2.75) is 26.2 Å². The van der Waals surface area contributed by atoms with Crippen LogP contribution in [0.4, 0.5) is 5.69 Å². The Balaban J connectivity index is 2.32. The zero-order valence-electron chi connectivity index (χ0n) is 9.89. The van der Waals surface area contributed by atoms with E-state index in [1.54, 1.807) is 0 Å². The number of nitrogens with zero attached hydrogens (tertiary/aromatic N) is 1. The van der Waals surface area contributed by atoms with Crippen molar-refractivity contribution in [2.75, 3.05) is 11.9 Å². The van der Waals surface area contributed by atoms with Gasteiger partial charge in [0.1, 0.15) is 0 Å². The lowest BCUT2D eigenvalue weighted by atomic mass is 10.1. The van der Waals surface area contributed by atoms with Gasteiger partial charge in [0.05, 0.1) is 5.52 Å². The summed E-state index contributed by atoms with van der Waals surface area (Å²) in [6.07, 6.45) is 3.45. The van der Waals surface area contributed by atoms with Crippen LogP contribution in [-0.4, -0.2) is 11.5 Å². The van der Waals surface area contributed by atoms with Crippen LogP contribution < -0.4 is 5.32 Å². The summed E-state index contributed by atoms with van der Waals surface area (Å²) in [5.41, 5.74) is 4.94. The molecule has 0 aliphatic heterocycles. The number of anilines is 1. The number of fused-ring (bicyclic) bond motifs is 2. The van der Waals surface area contributed by atoms with Crippen LogP contribution in [0.2, 0.25) is 5.02 Å². The topological polar surface area (TPSA) is 24.9 Å². The Bertz CT molecular complexity index is 578. The Morgan fingerprint density at radius 2 is 2.24 bits per heavy atom. The molecule has 0 saturated carbocycles. The SMILES string of the molecule is CCNc1c2c(nc3ccc(Cl)cc13)CCC2. The van der Waals surface area contributed by atoms with Crippen molar-refractivity contribution >= 4 is 28.2 Å². The second kappa shape index (κ2) is 4.19. The molecule has 1 N–H and O–H groups in total. The predicted octanol–water partition coefficient (Wildman–Crippen LogP) is 3.81. The van der Waals surface area contributed by atoms with Gasteiger partial charge in [-0.3, -0.25) is 4.98 Å². The van der Waals surface area contributed by atoms with E-state index in [0.717, 1.165) is 35.3 Å². The highest BCUT2D eigenvalue weighted by Gasteiger charge is 2.19. The zero-order chi connectivity index (χ0) is 11.8. The van der Waals surface area contributed by atoms with Gasteiger partial charge in [-0.15, -0.1) is 0 Å². The van der Waals surface area contributed by atoms with Gasteiger partial charge in [0.2, 0.25) is 0 Å². The molecule has 0 spiro atoms. The molecule has 88 valence electrons. The monoisotopic (exact) mass is 246 g/mol. The molecule has 0 amide bonds. The first-order valence-electron chi connectivity index (χ1n) is 6.14. The third-order valence-corrected chi connectivity index (χ3v) is 3.56. The molecule has 2 aromatic rings. The second-order valence-corrected chi connectivity index (χ2v) is 4.89.